The molecule has 0 unspecified atom stereocenters. The van der Waals surface area contributed by atoms with Crippen LogP contribution >= 0.6 is 0 Å². The molecule has 3 aromatic rings. The number of carbonyl (C=O) groups excluding carboxylic acids is 2. The number of primary amides is 1. The number of anilines is 1. The first-order chi connectivity index (χ1) is 15.0. The fourth-order valence-corrected chi connectivity index (χ4v) is 5.27. The van der Waals surface area contributed by atoms with E-state index in [9.17, 15) is 9.59 Å². The van der Waals surface area contributed by atoms with Crippen LogP contribution in [0.25, 0.3) is 21.8 Å². The van der Waals surface area contributed by atoms with E-state index in [4.69, 9.17) is 5.73 Å². The Morgan fingerprint density at radius 1 is 1.26 bits per heavy atom. The molecular formula is C24H23FN4O2. The van der Waals surface area contributed by atoms with Crippen molar-refractivity contribution in [1.29, 1.82) is 0 Å². The summed E-state index contributed by atoms with van der Waals surface area (Å²) in [6.45, 7) is 3.51. The molecule has 2 saturated heterocycles. The minimum Gasteiger partial charge on any atom is -0.366 e. The molecule has 2 aliphatic heterocycles. The van der Waals surface area contributed by atoms with Crippen molar-refractivity contribution >= 4 is 39.3 Å². The smallest absolute Gasteiger partial charge is 0.298 e. The number of nitrogens with two attached hydrogens (primary N) is 1. The van der Waals surface area contributed by atoms with Crippen molar-refractivity contribution in [3.63, 3.8) is 0 Å². The maximum Gasteiger partial charge on any atom is 0.298 e. The number of aromatic amines is 1. The number of rotatable bonds is 2. The zero-order chi connectivity index (χ0) is 21.7. The van der Waals surface area contributed by atoms with E-state index in [1.807, 2.05) is 34.1 Å². The van der Waals surface area contributed by atoms with E-state index in [1.54, 1.807) is 6.92 Å². The third kappa shape index (κ3) is 3.02. The molecule has 0 aliphatic carbocycles. The largest absolute Gasteiger partial charge is 0.366 e. The van der Waals surface area contributed by atoms with Crippen LogP contribution in [-0.4, -0.2) is 47.4 Å². The predicted molar refractivity (Wildman–Crippen MR) is 118 cm³/mol. The van der Waals surface area contributed by atoms with Crippen LogP contribution in [0.1, 0.15) is 30.1 Å². The molecule has 2 amide bonds. The molecule has 3 heterocycles. The van der Waals surface area contributed by atoms with E-state index in [0.29, 0.717) is 36.2 Å². The standard InChI is InChI=1S/C24H23FN4O2/c1-2-6-20(30)29-10-5-7-14-12-28(13-19(14)29)23-17(25)11-16(24(26)31)22-21(23)15-8-3-4-9-18(15)27-22/h3-4,8-9,11,14,19,27H,5,7,10,12-13H2,1H3,(H2,26,31)/t14-,19+/m1/s1. The van der Waals surface area contributed by atoms with Crippen LogP contribution < -0.4 is 10.6 Å². The number of H-pyrrole nitrogens is 1. The average molecular weight is 418 g/mol. The van der Waals surface area contributed by atoms with Gasteiger partial charge in [-0.2, -0.15) is 0 Å². The highest BCUT2D eigenvalue weighted by Gasteiger charge is 2.42. The molecule has 7 heteroatoms. The zero-order valence-corrected chi connectivity index (χ0v) is 17.2. The minimum absolute atomic E-state index is 0.00225. The van der Waals surface area contributed by atoms with Gasteiger partial charge in [0.1, 0.15) is 5.82 Å². The number of para-hydroxylation sites is 1. The third-order valence-corrected chi connectivity index (χ3v) is 6.56. The summed E-state index contributed by atoms with van der Waals surface area (Å²) in [6, 6.07) is 8.82. The molecule has 2 aliphatic rings. The Morgan fingerprint density at radius 3 is 2.84 bits per heavy atom. The van der Waals surface area contributed by atoms with E-state index in [1.165, 1.54) is 6.07 Å². The number of hydrogen-bond acceptors (Lipinski definition) is 3. The molecule has 6 nitrogen and oxygen atoms in total. The number of piperidine rings is 1. The van der Waals surface area contributed by atoms with Crippen LogP contribution in [0.4, 0.5) is 10.1 Å². The van der Waals surface area contributed by atoms with Gasteiger partial charge in [0.25, 0.3) is 11.8 Å². The van der Waals surface area contributed by atoms with E-state index in [2.05, 4.69) is 16.8 Å². The van der Waals surface area contributed by atoms with Gasteiger partial charge < -0.3 is 20.5 Å². The van der Waals surface area contributed by atoms with Gasteiger partial charge in [-0.05, 0) is 43.7 Å². The first kappa shape index (κ1) is 19.4. The third-order valence-electron chi connectivity index (χ3n) is 6.56. The number of fused-ring (bicyclic) bond motifs is 4. The molecule has 0 spiro atoms. The second kappa shape index (κ2) is 7.31. The van der Waals surface area contributed by atoms with Gasteiger partial charge in [0.05, 0.1) is 22.8 Å². The van der Waals surface area contributed by atoms with Crippen molar-refractivity contribution in [2.24, 2.45) is 11.7 Å². The van der Waals surface area contributed by atoms with Crippen molar-refractivity contribution in [3.05, 3.63) is 41.7 Å². The van der Waals surface area contributed by atoms with Crippen LogP contribution in [0.3, 0.4) is 0 Å². The highest BCUT2D eigenvalue weighted by atomic mass is 19.1. The summed E-state index contributed by atoms with van der Waals surface area (Å²) >= 11 is 0. The highest BCUT2D eigenvalue weighted by Crippen LogP contribution is 2.41. The maximum atomic E-state index is 15.5. The van der Waals surface area contributed by atoms with Crippen molar-refractivity contribution in [1.82, 2.24) is 9.88 Å². The molecule has 0 bridgehead atoms. The van der Waals surface area contributed by atoms with Gasteiger partial charge in [-0.3, -0.25) is 9.59 Å². The predicted octanol–water partition coefficient (Wildman–Crippen LogP) is 3.01. The maximum absolute atomic E-state index is 15.5. The number of hydrogen-bond donors (Lipinski definition) is 2. The Kier molecular flexibility index (Phi) is 4.58. The minimum atomic E-state index is -0.674. The van der Waals surface area contributed by atoms with Crippen molar-refractivity contribution in [2.75, 3.05) is 24.5 Å². The molecule has 0 radical (unpaired) electrons. The Labute approximate surface area is 179 Å². The summed E-state index contributed by atoms with van der Waals surface area (Å²) in [6.07, 6.45) is 1.90. The number of nitrogens with one attached hydrogen (secondary N) is 1. The van der Waals surface area contributed by atoms with Gasteiger partial charge in [-0.1, -0.05) is 24.1 Å². The molecule has 0 saturated carbocycles. The van der Waals surface area contributed by atoms with E-state index >= 15 is 4.39 Å². The molecule has 3 N–H and O–H groups in total. The summed E-state index contributed by atoms with van der Waals surface area (Å²) in [7, 11) is 0. The molecule has 31 heavy (non-hydrogen) atoms. The Morgan fingerprint density at radius 2 is 2.06 bits per heavy atom. The highest BCUT2D eigenvalue weighted by molar-refractivity contribution is 6.19. The number of aromatic nitrogens is 1. The summed E-state index contributed by atoms with van der Waals surface area (Å²) in [5.41, 5.74) is 7.51. The fourth-order valence-electron chi connectivity index (χ4n) is 5.27. The van der Waals surface area contributed by atoms with Gasteiger partial charge in [-0.15, -0.1) is 0 Å². The lowest BCUT2D eigenvalue weighted by Crippen LogP contribution is -2.48. The van der Waals surface area contributed by atoms with Gasteiger partial charge in [-0.25, -0.2) is 4.39 Å². The van der Waals surface area contributed by atoms with Gasteiger partial charge in [0, 0.05) is 35.9 Å². The first-order valence-corrected chi connectivity index (χ1v) is 10.5. The van der Waals surface area contributed by atoms with Gasteiger partial charge in [0.15, 0.2) is 0 Å². The van der Waals surface area contributed by atoms with Crippen LogP contribution in [0, 0.1) is 23.6 Å². The number of halogens is 1. The lowest BCUT2D eigenvalue weighted by Gasteiger charge is -2.35. The fraction of sp³-hybridized carbons (Fsp3) is 0.333. The van der Waals surface area contributed by atoms with E-state index < -0.39 is 11.7 Å². The molecule has 2 fully saturated rings. The number of amides is 2. The number of carbonyl (C=O) groups is 2. The van der Waals surface area contributed by atoms with Crippen molar-refractivity contribution in [3.8, 4) is 11.8 Å². The van der Waals surface area contributed by atoms with Gasteiger partial charge in [0.2, 0.25) is 0 Å². The van der Waals surface area contributed by atoms with Gasteiger partial charge >= 0.3 is 0 Å². The number of likely N-dealkylation sites (tertiary alicyclic amines) is 1. The molecule has 2 aromatic carbocycles. The Balaban J connectivity index is 1.65. The quantitative estimate of drug-likeness (QED) is 0.628. The molecule has 2 atom stereocenters. The van der Waals surface area contributed by atoms with Crippen molar-refractivity contribution in [2.45, 2.75) is 25.8 Å². The molecule has 158 valence electrons. The monoisotopic (exact) mass is 418 g/mol. The molecule has 1 aromatic heterocycles. The summed E-state index contributed by atoms with van der Waals surface area (Å²) < 4.78 is 15.5. The van der Waals surface area contributed by atoms with Crippen LogP contribution in [-0.2, 0) is 4.79 Å². The topological polar surface area (TPSA) is 82.4 Å². The second-order valence-corrected chi connectivity index (χ2v) is 8.29. The Bertz CT molecular complexity index is 1290. The first-order valence-electron chi connectivity index (χ1n) is 10.5. The van der Waals surface area contributed by atoms with Crippen LogP contribution in [0.2, 0.25) is 0 Å². The summed E-state index contributed by atoms with van der Waals surface area (Å²) in [4.78, 5) is 31.7. The zero-order valence-electron chi connectivity index (χ0n) is 17.2. The van der Waals surface area contributed by atoms with E-state index in [0.717, 1.165) is 23.7 Å². The van der Waals surface area contributed by atoms with Crippen molar-refractivity contribution < 1.29 is 14.0 Å². The van der Waals surface area contributed by atoms with Crippen LogP contribution in [0.5, 0.6) is 0 Å². The number of nitrogens with zero attached hydrogens (tertiary/aromatic N) is 2. The normalized spacial score (nSPS) is 20.6. The lowest BCUT2D eigenvalue weighted by molar-refractivity contribution is -0.129. The van der Waals surface area contributed by atoms with Crippen LogP contribution in [0.15, 0.2) is 30.3 Å². The van der Waals surface area contributed by atoms with E-state index in [-0.39, 0.29) is 23.4 Å². The summed E-state index contributed by atoms with van der Waals surface area (Å²) in [5, 5.41) is 1.50. The summed E-state index contributed by atoms with van der Waals surface area (Å²) in [5.74, 6) is 4.28. The average Bonchev–Trinajstić information content (AvgIpc) is 3.34. The lowest BCUT2D eigenvalue weighted by atomic mass is 9.92. The molecule has 5 rings (SSSR count). The Hall–Kier alpha value is -3.53. The molecular weight excluding hydrogens is 395 g/mol. The SMILES string of the molecule is CC#CC(=O)N1CCC[C@@H]2CN(c3c(F)cc(C(N)=O)c4[nH]c5ccccc5c34)C[C@@H]21. The second-order valence-electron chi connectivity index (χ2n) is 8.29. The number of benzene rings is 2.